The summed E-state index contributed by atoms with van der Waals surface area (Å²) in [5, 5.41) is 17.9. The largest absolute Gasteiger partial charge is 0.396 e. The van der Waals surface area contributed by atoms with E-state index in [2.05, 4.69) is 10.3 Å². The van der Waals surface area contributed by atoms with Crippen molar-refractivity contribution in [3.63, 3.8) is 0 Å². The molecule has 0 aliphatic heterocycles. The number of aromatic nitrogens is 4. The summed E-state index contributed by atoms with van der Waals surface area (Å²) >= 11 is 0. The van der Waals surface area contributed by atoms with Crippen molar-refractivity contribution >= 4 is 17.0 Å². The van der Waals surface area contributed by atoms with Gasteiger partial charge in [-0.15, -0.1) is 0 Å². The second-order valence-corrected chi connectivity index (χ2v) is 8.11. The third-order valence-corrected chi connectivity index (χ3v) is 5.80. The summed E-state index contributed by atoms with van der Waals surface area (Å²) in [5.41, 5.74) is 8.46. The first kappa shape index (κ1) is 20.7. The molecule has 0 bridgehead atoms. The fourth-order valence-corrected chi connectivity index (χ4v) is 4.04. The quantitative estimate of drug-likeness (QED) is 0.491. The molecule has 1 fully saturated rings. The molecule has 0 amide bonds. The van der Waals surface area contributed by atoms with Crippen molar-refractivity contribution in [1.29, 1.82) is 0 Å². The van der Waals surface area contributed by atoms with Crippen molar-refractivity contribution in [1.82, 2.24) is 19.7 Å². The SMILES string of the molecule is N[C@H]1CC[C@H](Cn2nc(-c3ccc(F)cc3)c3cnc(NCCCCO)nc32)CC1. The number of nitrogens with one attached hydrogen (secondary N) is 1. The Bertz CT molecular complexity index is 966. The number of aliphatic hydroxyl groups excluding tert-OH is 1. The molecule has 7 nitrogen and oxygen atoms in total. The van der Waals surface area contributed by atoms with Gasteiger partial charge in [0.05, 0.1) is 5.39 Å². The minimum atomic E-state index is -0.272. The van der Waals surface area contributed by atoms with Crippen LogP contribution >= 0.6 is 0 Å². The molecule has 2 heterocycles. The lowest BCUT2D eigenvalue weighted by molar-refractivity contribution is 0.286. The average Bonchev–Trinajstić information content (AvgIpc) is 3.11. The predicted octanol–water partition coefficient (Wildman–Crippen LogP) is 3.33. The molecular formula is C22H29FN6O. The highest BCUT2D eigenvalue weighted by Gasteiger charge is 2.22. The van der Waals surface area contributed by atoms with Crippen LogP contribution in [0.3, 0.4) is 0 Å². The molecule has 4 N–H and O–H groups in total. The van der Waals surface area contributed by atoms with Gasteiger partial charge in [-0.2, -0.15) is 10.1 Å². The van der Waals surface area contributed by atoms with Gasteiger partial charge in [-0.25, -0.2) is 14.1 Å². The Hall–Kier alpha value is -2.58. The summed E-state index contributed by atoms with van der Waals surface area (Å²) in [6, 6.07) is 6.67. The Balaban J connectivity index is 1.65. The molecule has 30 heavy (non-hydrogen) atoms. The van der Waals surface area contributed by atoms with E-state index in [0.29, 0.717) is 24.5 Å². The van der Waals surface area contributed by atoms with E-state index in [1.165, 1.54) is 12.1 Å². The van der Waals surface area contributed by atoms with Gasteiger partial charge < -0.3 is 16.2 Å². The maximum atomic E-state index is 13.4. The smallest absolute Gasteiger partial charge is 0.224 e. The fourth-order valence-electron chi connectivity index (χ4n) is 4.04. The summed E-state index contributed by atoms with van der Waals surface area (Å²) in [7, 11) is 0. The summed E-state index contributed by atoms with van der Waals surface area (Å²) in [6.07, 6.45) is 7.64. The van der Waals surface area contributed by atoms with Crippen LogP contribution in [0.5, 0.6) is 0 Å². The molecule has 4 rings (SSSR count). The van der Waals surface area contributed by atoms with Gasteiger partial charge >= 0.3 is 0 Å². The van der Waals surface area contributed by atoms with Crippen LogP contribution in [-0.4, -0.2) is 44.0 Å². The Morgan fingerprint density at radius 2 is 1.90 bits per heavy atom. The molecule has 1 saturated carbocycles. The van der Waals surface area contributed by atoms with Gasteiger partial charge in [0.15, 0.2) is 5.65 Å². The molecule has 0 spiro atoms. The van der Waals surface area contributed by atoms with E-state index in [1.807, 2.05) is 4.68 Å². The van der Waals surface area contributed by atoms with Crippen molar-refractivity contribution in [2.24, 2.45) is 11.7 Å². The lowest BCUT2D eigenvalue weighted by atomic mass is 9.86. The number of nitrogens with zero attached hydrogens (tertiary/aromatic N) is 4. The highest BCUT2D eigenvalue weighted by atomic mass is 19.1. The van der Waals surface area contributed by atoms with Crippen LogP contribution in [0.2, 0.25) is 0 Å². The van der Waals surface area contributed by atoms with Crippen LogP contribution < -0.4 is 11.1 Å². The molecule has 2 aromatic heterocycles. The lowest BCUT2D eigenvalue weighted by Crippen LogP contribution is -2.28. The summed E-state index contributed by atoms with van der Waals surface area (Å²) in [6.45, 7) is 1.66. The maximum absolute atomic E-state index is 13.4. The maximum Gasteiger partial charge on any atom is 0.224 e. The molecule has 1 aliphatic carbocycles. The first-order valence-corrected chi connectivity index (χ1v) is 10.7. The third kappa shape index (κ3) is 4.76. The van der Waals surface area contributed by atoms with Crippen LogP contribution in [0, 0.1) is 11.7 Å². The minimum absolute atomic E-state index is 0.181. The Kier molecular flexibility index (Phi) is 6.54. The van der Waals surface area contributed by atoms with Crippen LogP contribution in [0.15, 0.2) is 30.5 Å². The number of halogens is 1. The van der Waals surface area contributed by atoms with Gasteiger partial charge in [0.25, 0.3) is 0 Å². The molecule has 1 aromatic carbocycles. The van der Waals surface area contributed by atoms with Gasteiger partial charge in [-0.3, -0.25) is 0 Å². The van der Waals surface area contributed by atoms with E-state index >= 15 is 0 Å². The Labute approximate surface area is 175 Å². The van der Waals surface area contributed by atoms with Crippen molar-refractivity contribution in [3.8, 4) is 11.3 Å². The normalized spacial score (nSPS) is 19.3. The number of unbranched alkanes of at least 4 members (excludes halogenated alkanes) is 1. The fraction of sp³-hybridized carbons (Fsp3) is 0.500. The summed E-state index contributed by atoms with van der Waals surface area (Å²) < 4.78 is 15.4. The third-order valence-electron chi connectivity index (χ3n) is 5.80. The first-order valence-electron chi connectivity index (χ1n) is 10.7. The van der Waals surface area contributed by atoms with E-state index in [4.69, 9.17) is 20.9 Å². The number of aliphatic hydroxyl groups is 1. The van der Waals surface area contributed by atoms with E-state index in [0.717, 1.165) is 67.4 Å². The van der Waals surface area contributed by atoms with Crippen molar-refractivity contribution in [2.45, 2.75) is 51.1 Å². The molecule has 1 aliphatic rings. The molecule has 3 aromatic rings. The van der Waals surface area contributed by atoms with E-state index in [1.54, 1.807) is 18.3 Å². The zero-order chi connectivity index (χ0) is 20.9. The summed E-state index contributed by atoms with van der Waals surface area (Å²) in [4.78, 5) is 9.18. The number of anilines is 1. The Morgan fingerprint density at radius 3 is 2.63 bits per heavy atom. The number of fused-ring (bicyclic) bond motifs is 1. The van der Waals surface area contributed by atoms with Gasteiger partial charge in [-0.05, 0) is 68.7 Å². The Morgan fingerprint density at radius 1 is 1.13 bits per heavy atom. The van der Waals surface area contributed by atoms with E-state index < -0.39 is 0 Å². The molecule has 0 saturated heterocycles. The number of rotatable bonds is 8. The average molecular weight is 413 g/mol. The van der Waals surface area contributed by atoms with E-state index in [9.17, 15) is 4.39 Å². The standard InChI is InChI=1S/C22H29FN6O/c23-17-7-5-16(6-8-17)20-19-13-26-22(25-11-1-2-12-30)27-21(19)29(28-20)14-15-3-9-18(24)10-4-15/h5-8,13,15,18,30H,1-4,9-12,14,24H2,(H,25,26,27)/t15-,18-. The topological polar surface area (TPSA) is 102 Å². The number of hydrogen-bond acceptors (Lipinski definition) is 6. The van der Waals surface area contributed by atoms with Gasteiger partial charge in [-0.1, -0.05) is 0 Å². The van der Waals surface area contributed by atoms with Crippen LogP contribution in [-0.2, 0) is 6.54 Å². The lowest BCUT2D eigenvalue weighted by Gasteiger charge is -2.25. The highest BCUT2D eigenvalue weighted by molar-refractivity contribution is 5.91. The van der Waals surface area contributed by atoms with Crippen molar-refractivity contribution < 1.29 is 9.50 Å². The molecule has 0 radical (unpaired) electrons. The van der Waals surface area contributed by atoms with Gasteiger partial charge in [0, 0.05) is 37.5 Å². The minimum Gasteiger partial charge on any atom is -0.396 e. The molecule has 0 atom stereocenters. The van der Waals surface area contributed by atoms with Crippen molar-refractivity contribution in [2.75, 3.05) is 18.5 Å². The number of nitrogens with two attached hydrogens (primary N) is 1. The first-order chi connectivity index (χ1) is 14.6. The number of hydrogen-bond donors (Lipinski definition) is 3. The zero-order valence-corrected chi connectivity index (χ0v) is 17.1. The molecular weight excluding hydrogens is 383 g/mol. The van der Waals surface area contributed by atoms with Gasteiger partial charge in [0.1, 0.15) is 11.5 Å². The van der Waals surface area contributed by atoms with Crippen LogP contribution in [0.25, 0.3) is 22.3 Å². The monoisotopic (exact) mass is 412 g/mol. The molecule has 0 unspecified atom stereocenters. The van der Waals surface area contributed by atoms with E-state index in [-0.39, 0.29) is 12.4 Å². The predicted molar refractivity (Wildman–Crippen MR) is 115 cm³/mol. The van der Waals surface area contributed by atoms with Crippen LogP contribution in [0.4, 0.5) is 10.3 Å². The van der Waals surface area contributed by atoms with Gasteiger partial charge in [0.2, 0.25) is 5.95 Å². The van der Waals surface area contributed by atoms with Crippen molar-refractivity contribution in [3.05, 3.63) is 36.3 Å². The number of benzene rings is 1. The molecule has 8 heteroatoms. The zero-order valence-electron chi connectivity index (χ0n) is 17.1. The second-order valence-electron chi connectivity index (χ2n) is 8.11. The summed E-state index contributed by atoms with van der Waals surface area (Å²) in [5.74, 6) is 0.800. The van der Waals surface area contributed by atoms with Crippen LogP contribution in [0.1, 0.15) is 38.5 Å². The highest BCUT2D eigenvalue weighted by Crippen LogP contribution is 2.30. The second kappa shape index (κ2) is 9.49. The molecule has 160 valence electrons.